The quantitative estimate of drug-likeness (QED) is 0.483. The largest absolute Gasteiger partial charge is 0.307 e. The van der Waals surface area contributed by atoms with Crippen LogP contribution in [0.3, 0.4) is 0 Å². The van der Waals surface area contributed by atoms with E-state index in [1.165, 1.54) is 5.52 Å². The molecular formula is C11H10N3+. The van der Waals surface area contributed by atoms with Crippen LogP contribution in [0.5, 0.6) is 0 Å². The Labute approximate surface area is 81.2 Å². The smallest absolute Gasteiger partial charge is 0.224 e. The molecule has 0 amide bonds. The van der Waals surface area contributed by atoms with Crippen molar-refractivity contribution in [2.24, 2.45) is 7.05 Å². The monoisotopic (exact) mass is 184 g/mol. The van der Waals surface area contributed by atoms with Gasteiger partial charge in [-0.1, -0.05) is 21.7 Å². The van der Waals surface area contributed by atoms with Gasteiger partial charge in [-0.25, -0.2) is 4.57 Å². The van der Waals surface area contributed by atoms with E-state index >= 15 is 0 Å². The second-order valence-corrected chi connectivity index (χ2v) is 3.34. The van der Waals surface area contributed by atoms with Crippen LogP contribution in [-0.2, 0) is 7.05 Å². The summed E-state index contributed by atoms with van der Waals surface area (Å²) in [5.74, 6) is 0. The van der Waals surface area contributed by atoms with Crippen LogP contribution in [0.25, 0.3) is 16.7 Å². The highest BCUT2D eigenvalue weighted by molar-refractivity contribution is 5.74. The SMILES string of the molecule is C[n+]1c2ccccc2n2ncccc21. The number of rotatable bonds is 0. The van der Waals surface area contributed by atoms with Crippen molar-refractivity contribution in [2.45, 2.75) is 0 Å². The molecule has 2 heterocycles. The highest BCUT2D eigenvalue weighted by atomic mass is 15.3. The lowest BCUT2D eigenvalue weighted by Gasteiger charge is -1.84. The van der Waals surface area contributed by atoms with Gasteiger partial charge in [-0.2, -0.15) is 0 Å². The van der Waals surface area contributed by atoms with Crippen LogP contribution >= 0.6 is 0 Å². The summed E-state index contributed by atoms with van der Waals surface area (Å²) < 4.78 is 4.09. The lowest BCUT2D eigenvalue weighted by atomic mass is 10.3. The van der Waals surface area contributed by atoms with Crippen molar-refractivity contribution < 1.29 is 4.57 Å². The van der Waals surface area contributed by atoms with E-state index in [0.717, 1.165) is 11.2 Å². The van der Waals surface area contributed by atoms with Crippen LogP contribution in [-0.4, -0.2) is 9.61 Å². The van der Waals surface area contributed by atoms with E-state index in [9.17, 15) is 0 Å². The summed E-state index contributed by atoms with van der Waals surface area (Å²) >= 11 is 0. The number of imidazole rings is 1. The Bertz CT molecular complexity index is 557. The molecule has 0 radical (unpaired) electrons. The molecule has 0 bridgehead atoms. The minimum atomic E-state index is 1.11. The Kier molecular flexibility index (Phi) is 1.36. The highest BCUT2D eigenvalue weighted by Gasteiger charge is 2.14. The Balaban J connectivity index is 2.69. The maximum atomic E-state index is 4.33. The highest BCUT2D eigenvalue weighted by Crippen LogP contribution is 2.11. The van der Waals surface area contributed by atoms with Crippen molar-refractivity contribution in [1.29, 1.82) is 0 Å². The first-order valence-electron chi connectivity index (χ1n) is 4.58. The number of nitrogens with zero attached hydrogens (tertiary/aromatic N) is 3. The van der Waals surface area contributed by atoms with E-state index in [0.29, 0.717) is 0 Å². The minimum absolute atomic E-state index is 1.11. The topological polar surface area (TPSA) is 21.2 Å². The Morgan fingerprint density at radius 2 is 2.00 bits per heavy atom. The average Bonchev–Trinajstić information content (AvgIpc) is 2.55. The summed E-state index contributed by atoms with van der Waals surface area (Å²) in [5, 5.41) is 4.33. The summed E-state index contributed by atoms with van der Waals surface area (Å²) in [5.41, 5.74) is 3.45. The van der Waals surface area contributed by atoms with Crippen molar-refractivity contribution in [3.8, 4) is 0 Å². The summed E-state index contributed by atoms with van der Waals surface area (Å²) in [4.78, 5) is 0. The fourth-order valence-electron chi connectivity index (χ4n) is 1.85. The van der Waals surface area contributed by atoms with Gasteiger partial charge >= 0.3 is 5.65 Å². The molecule has 0 aliphatic carbocycles. The lowest BCUT2D eigenvalue weighted by molar-refractivity contribution is -0.618. The molecule has 0 fully saturated rings. The normalized spacial score (nSPS) is 11.2. The molecule has 0 aliphatic heterocycles. The fraction of sp³-hybridized carbons (Fsp3) is 0.0909. The zero-order valence-electron chi connectivity index (χ0n) is 7.88. The third-order valence-electron chi connectivity index (χ3n) is 2.55. The first-order chi connectivity index (χ1) is 6.88. The van der Waals surface area contributed by atoms with Gasteiger partial charge in [-0.15, -0.1) is 0 Å². The molecule has 0 unspecified atom stereocenters. The van der Waals surface area contributed by atoms with Crippen LogP contribution in [0.2, 0.25) is 0 Å². The van der Waals surface area contributed by atoms with E-state index in [2.05, 4.69) is 34.9 Å². The second kappa shape index (κ2) is 2.54. The molecule has 0 aliphatic rings. The molecule has 1 aromatic carbocycles. The summed E-state index contributed by atoms with van der Waals surface area (Å²) in [6.45, 7) is 0. The standard InChI is InChI=1S/C11H10N3/c1-13-9-5-2-3-6-10(9)14-11(13)7-4-8-12-14/h2-8H,1H3/q+1. The second-order valence-electron chi connectivity index (χ2n) is 3.34. The third kappa shape index (κ3) is 0.812. The van der Waals surface area contributed by atoms with E-state index < -0.39 is 0 Å². The van der Waals surface area contributed by atoms with Gasteiger partial charge in [-0.05, 0) is 18.2 Å². The van der Waals surface area contributed by atoms with Crippen molar-refractivity contribution in [3.05, 3.63) is 42.6 Å². The molecule has 68 valence electrons. The molecule has 0 atom stereocenters. The number of benzene rings is 1. The van der Waals surface area contributed by atoms with Crippen LogP contribution < -0.4 is 4.57 Å². The van der Waals surface area contributed by atoms with Gasteiger partial charge in [0, 0.05) is 6.07 Å². The molecule has 0 spiro atoms. The summed E-state index contributed by atoms with van der Waals surface area (Å²) in [7, 11) is 2.05. The minimum Gasteiger partial charge on any atom is -0.224 e. The van der Waals surface area contributed by atoms with Crippen molar-refractivity contribution in [2.75, 3.05) is 0 Å². The number of para-hydroxylation sites is 2. The molecule has 3 aromatic rings. The Hall–Kier alpha value is -1.90. The maximum Gasteiger partial charge on any atom is 0.307 e. The summed E-state index contributed by atoms with van der Waals surface area (Å²) in [6, 6.07) is 12.3. The zero-order chi connectivity index (χ0) is 9.54. The summed E-state index contributed by atoms with van der Waals surface area (Å²) in [6.07, 6.45) is 1.80. The number of hydrogen-bond donors (Lipinski definition) is 0. The van der Waals surface area contributed by atoms with Gasteiger partial charge in [0.2, 0.25) is 5.52 Å². The van der Waals surface area contributed by atoms with Gasteiger partial charge < -0.3 is 0 Å². The molecule has 0 N–H and O–H groups in total. The molecule has 3 rings (SSSR count). The number of fused-ring (bicyclic) bond motifs is 3. The van der Waals surface area contributed by atoms with Crippen molar-refractivity contribution in [3.63, 3.8) is 0 Å². The lowest BCUT2D eigenvalue weighted by Crippen LogP contribution is -2.27. The van der Waals surface area contributed by atoms with Crippen molar-refractivity contribution >= 4 is 16.7 Å². The number of aromatic nitrogens is 3. The predicted molar refractivity (Wildman–Crippen MR) is 53.9 cm³/mol. The van der Waals surface area contributed by atoms with E-state index in [4.69, 9.17) is 0 Å². The van der Waals surface area contributed by atoms with Crippen LogP contribution in [0.1, 0.15) is 0 Å². The zero-order valence-corrected chi connectivity index (χ0v) is 7.88. The molecule has 3 heteroatoms. The molecular weight excluding hydrogens is 174 g/mol. The Morgan fingerprint density at radius 3 is 2.93 bits per heavy atom. The molecule has 3 nitrogen and oxygen atoms in total. The average molecular weight is 184 g/mol. The molecule has 14 heavy (non-hydrogen) atoms. The van der Waals surface area contributed by atoms with Gasteiger partial charge in [0.05, 0.1) is 13.2 Å². The maximum absolute atomic E-state index is 4.33. The van der Waals surface area contributed by atoms with Gasteiger partial charge in [-0.3, -0.25) is 0 Å². The van der Waals surface area contributed by atoms with E-state index in [1.54, 1.807) is 6.20 Å². The number of aryl methyl sites for hydroxylation is 1. The first kappa shape index (κ1) is 7.50. The molecule has 0 saturated heterocycles. The van der Waals surface area contributed by atoms with Crippen LogP contribution in [0, 0.1) is 0 Å². The van der Waals surface area contributed by atoms with Gasteiger partial charge in [0.25, 0.3) is 0 Å². The van der Waals surface area contributed by atoms with Gasteiger partial charge in [0.15, 0.2) is 5.52 Å². The third-order valence-corrected chi connectivity index (χ3v) is 2.55. The van der Waals surface area contributed by atoms with Gasteiger partial charge in [0.1, 0.15) is 0 Å². The Morgan fingerprint density at radius 1 is 1.14 bits per heavy atom. The molecule has 0 saturated carbocycles. The van der Waals surface area contributed by atoms with Crippen LogP contribution in [0.15, 0.2) is 42.6 Å². The van der Waals surface area contributed by atoms with E-state index in [-0.39, 0.29) is 0 Å². The van der Waals surface area contributed by atoms with Crippen molar-refractivity contribution in [1.82, 2.24) is 9.61 Å². The number of hydrogen-bond acceptors (Lipinski definition) is 1. The van der Waals surface area contributed by atoms with Crippen LogP contribution in [0.4, 0.5) is 0 Å². The fourth-order valence-corrected chi connectivity index (χ4v) is 1.85. The predicted octanol–water partition coefficient (Wildman–Crippen LogP) is 1.31. The first-order valence-corrected chi connectivity index (χ1v) is 4.58. The molecule has 2 aromatic heterocycles. The van der Waals surface area contributed by atoms with E-state index in [1.807, 2.05) is 22.7 Å².